The summed E-state index contributed by atoms with van der Waals surface area (Å²) in [5.41, 5.74) is 6.99. The van der Waals surface area contributed by atoms with Gasteiger partial charge in [-0.05, 0) is 19.4 Å². The third-order valence-corrected chi connectivity index (χ3v) is 2.65. The Hall–Kier alpha value is -0.960. The van der Waals surface area contributed by atoms with Crippen molar-refractivity contribution < 1.29 is 0 Å². The Bertz CT molecular complexity index is 349. The van der Waals surface area contributed by atoms with Crippen molar-refractivity contribution in [3.8, 4) is 0 Å². The molecule has 1 aromatic rings. The van der Waals surface area contributed by atoms with E-state index in [0.29, 0.717) is 10.6 Å². The van der Waals surface area contributed by atoms with E-state index < -0.39 is 0 Å². The molecule has 0 fully saturated rings. The third kappa shape index (κ3) is 1.10. The highest BCUT2D eigenvalue weighted by atomic mass is 35.5. The van der Waals surface area contributed by atoms with Crippen LogP contribution in [0.5, 0.6) is 0 Å². The first-order valence-electron chi connectivity index (χ1n) is 3.58. The third-order valence-electron chi connectivity index (χ3n) is 2.09. The summed E-state index contributed by atoms with van der Waals surface area (Å²) < 4.78 is 1.45. The van der Waals surface area contributed by atoms with Crippen molar-refractivity contribution in [1.82, 2.24) is 4.57 Å². The van der Waals surface area contributed by atoms with Gasteiger partial charge in [0.05, 0.1) is 5.02 Å². The highest BCUT2D eigenvalue weighted by Gasteiger charge is 2.09. The van der Waals surface area contributed by atoms with Crippen molar-refractivity contribution in [1.29, 1.82) is 0 Å². The van der Waals surface area contributed by atoms with Gasteiger partial charge in [0.15, 0.2) is 0 Å². The van der Waals surface area contributed by atoms with Crippen molar-refractivity contribution in [3.05, 3.63) is 26.6 Å². The number of anilines is 1. The van der Waals surface area contributed by atoms with Crippen LogP contribution in [0.25, 0.3) is 0 Å². The Balaban J connectivity index is 3.73. The molecule has 3 nitrogen and oxygen atoms in total. The molecule has 2 N–H and O–H groups in total. The van der Waals surface area contributed by atoms with Gasteiger partial charge in [0.2, 0.25) is 0 Å². The minimum Gasteiger partial charge on any atom is -0.394 e. The quantitative estimate of drug-likeness (QED) is 0.663. The second kappa shape index (κ2) is 2.83. The minimum absolute atomic E-state index is 0.186. The maximum absolute atomic E-state index is 11.3. The molecule has 0 saturated carbocycles. The van der Waals surface area contributed by atoms with Crippen LogP contribution in [0.2, 0.25) is 5.02 Å². The van der Waals surface area contributed by atoms with Gasteiger partial charge in [-0.3, -0.25) is 4.79 Å². The van der Waals surface area contributed by atoms with E-state index in [9.17, 15) is 4.79 Å². The molecule has 1 rings (SSSR count). The standard InChI is InChI=1S/C8H11ClN2O/c1-4-6(9)5(2)11(3)8(12)7(4)10/h10H2,1-3H3. The molecule has 1 aromatic heterocycles. The molecule has 4 heteroatoms. The average Bonchev–Trinajstić information content (AvgIpc) is 2.08. The lowest BCUT2D eigenvalue weighted by molar-refractivity contribution is 0.818. The second-order valence-corrected chi connectivity index (χ2v) is 3.18. The van der Waals surface area contributed by atoms with E-state index in [1.807, 2.05) is 0 Å². The van der Waals surface area contributed by atoms with Gasteiger partial charge in [-0.2, -0.15) is 0 Å². The Morgan fingerprint density at radius 3 is 2.42 bits per heavy atom. The van der Waals surface area contributed by atoms with E-state index >= 15 is 0 Å². The predicted octanol–water partition coefficient (Wildman–Crippen LogP) is 1.24. The molecule has 0 spiro atoms. The van der Waals surface area contributed by atoms with E-state index in [2.05, 4.69) is 0 Å². The van der Waals surface area contributed by atoms with Gasteiger partial charge < -0.3 is 10.3 Å². The zero-order valence-corrected chi connectivity index (χ0v) is 8.07. The second-order valence-electron chi connectivity index (χ2n) is 2.80. The molecular formula is C8H11ClN2O. The number of nitrogen functional groups attached to an aromatic ring is 1. The SMILES string of the molecule is Cc1c(Cl)c(C)n(C)c(=O)c1N. The van der Waals surface area contributed by atoms with Crippen LogP contribution in [-0.2, 0) is 7.05 Å². The van der Waals surface area contributed by atoms with Crippen LogP contribution in [0.3, 0.4) is 0 Å². The van der Waals surface area contributed by atoms with Gasteiger partial charge in [-0.25, -0.2) is 0 Å². The number of pyridine rings is 1. The fraction of sp³-hybridized carbons (Fsp3) is 0.375. The molecule has 0 aliphatic rings. The molecule has 12 heavy (non-hydrogen) atoms. The van der Waals surface area contributed by atoms with Crippen LogP contribution < -0.4 is 11.3 Å². The molecule has 0 aliphatic heterocycles. The Morgan fingerprint density at radius 2 is 1.92 bits per heavy atom. The highest BCUT2D eigenvalue weighted by molar-refractivity contribution is 6.32. The molecule has 0 unspecified atom stereocenters. The van der Waals surface area contributed by atoms with Crippen LogP contribution in [0, 0.1) is 13.8 Å². The van der Waals surface area contributed by atoms with Gasteiger partial charge in [0.25, 0.3) is 5.56 Å². The fourth-order valence-corrected chi connectivity index (χ4v) is 1.26. The van der Waals surface area contributed by atoms with E-state index in [-0.39, 0.29) is 11.2 Å². The summed E-state index contributed by atoms with van der Waals surface area (Å²) in [6, 6.07) is 0. The van der Waals surface area contributed by atoms with Gasteiger partial charge in [0.1, 0.15) is 5.69 Å². The topological polar surface area (TPSA) is 48.0 Å². The van der Waals surface area contributed by atoms with Crippen molar-refractivity contribution in [3.63, 3.8) is 0 Å². The first-order valence-corrected chi connectivity index (χ1v) is 3.95. The average molecular weight is 187 g/mol. The van der Waals surface area contributed by atoms with E-state index in [0.717, 1.165) is 5.69 Å². The van der Waals surface area contributed by atoms with Crippen molar-refractivity contribution in [2.24, 2.45) is 7.05 Å². The lowest BCUT2D eigenvalue weighted by Gasteiger charge is -2.09. The highest BCUT2D eigenvalue weighted by Crippen LogP contribution is 2.20. The van der Waals surface area contributed by atoms with E-state index in [1.54, 1.807) is 20.9 Å². The Kier molecular flexibility index (Phi) is 2.15. The zero-order valence-electron chi connectivity index (χ0n) is 7.31. The minimum atomic E-state index is -0.186. The van der Waals surface area contributed by atoms with Crippen LogP contribution >= 0.6 is 11.6 Å². The van der Waals surface area contributed by atoms with Crippen molar-refractivity contribution >= 4 is 17.3 Å². The number of halogens is 1. The van der Waals surface area contributed by atoms with E-state index in [4.69, 9.17) is 17.3 Å². The molecular weight excluding hydrogens is 176 g/mol. The molecule has 0 aliphatic carbocycles. The number of hydrogen-bond acceptors (Lipinski definition) is 2. The first-order chi connectivity index (χ1) is 5.46. The molecule has 0 saturated heterocycles. The lowest BCUT2D eigenvalue weighted by Crippen LogP contribution is -2.23. The first kappa shape index (κ1) is 9.13. The summed E-state index contributed by atoms with van der Waals surface area (Å²) in [7, 11) is 1.65. The summed E-state index contributed by atoms with van der Waals surface area (Å²) in [6.45, 7) is 3.53. The van der Waals surface area contributed by atoms with Gasteiger partial charge >= 0.3 is 0 Å². The van der Waals surface area contributed by atoms with Crippen LogP contribution in [0.1, 0.15) is 11.3 Å². The smallest absolute Gasteiger partial charge is 0.273 e. The lowest BCUT2D eigenvalue weighted by atomic mass is 10.2. The maximum Gasteiger partial charge on any atom is 0.273 e. The number of nitrogens with zero attached hydrogens (tertiary/aromatic N) is 1. The Morgan fingerprint density at radius 1 is 1.42 bits per heavy atom. The summed E-state index contributed by atoms with van der Waals surface area (Å²) in [5, 5.41) is 0.564. The summed E-state index contributed by atoms with van der Waals surface area (Å²) >= 11 is 5.92. The molecule has 0 aromatic carbocycles. The van der Waals surface area contributed by atoms with Crippen LogP contribution in [0.4, 0.5) is 5.69 Å². The molecule has 66 valence electrons. The monoisotopic (exact) mass is 186 g/mol. The number of aromatic nitrogens is 1. The van der Waals surface area contributed by atoms with Crippen molar-refractivity contribution in [2.45, 2.75) is 13.8 Å². The summed E-state index contributed by atoms with van der Waals surface area (Å²) in [4.78, 5) is 11.3. The van der Waals surface area contributed by atoms with Crippen LogP contribution in [0.15, 0.2) is 4.79 Å². The summed E-state index contributed by atoms with van der Waals surface area (Å²) in [5.74, 6) is 0. The normalized spacial score (nSPS) is 10.3. The predicted molar refractivity (Wildman–Crippen MR) is 50.6 cm³/mol. The fourth-order valence-electron chi connectivity index (χ4n) is 1.03. The van der Waals surface area contributed by atoms with E-state index in [1.165, 1.54) is 4.57 Å². The molecule has 1 heterocycles. The van der Waals surface area contributed by atoms with Gasteiger partial charge in [0, 0.05) is 12.7 Å². The Labute approximate surface area is 75.8 Å². The molecule has 0 radical (unpaired) electrons. The molecule has 0 bridgehead atoms. The van der Waals surface area contributed by atoms with Crippen molar-refractivity contribution in [2.75, 3.05) is 5.73 Å². The molecule has 0 amide bonds. The van der Waals surface area contributed by atoms with Gasteiger partial charge in [-0.1, -0.05) is 11.6 Å². The maximum atomic E-state index is 11.3. The summed E-state index contributed by atoms with van der Waals surface area (Å²) in [6.07, 6.45) is 0. The number of rotatable bonds is 0. The van der Waals surface area contributed by atoms with Crippen LogP contribution in [-0.4, -0.2) is 4.57 Å². The zero-order chi connectivity index (χ0) is 9.46. The number of nitrogens with two attached hydrogens (primary N) is 1. The molecule has 0 atom stereocenters. The number of hydrogen-bond donors (Lipinski definition) is 1. The van der Waals surface area contributed by atoms with Gasteiger partial charge in [-0.15, -0.1) is 0 Å². The largest absolute Gasteiger partial charge is 0.394 e.